The second-order valence-corrected chi connectivity index (χ2v) is 8.66. The normalized spacial score (nSPS) is 14.1. The second kappa shape index (κ2) is 10.2. The number of hydrogen-bond donors (Lipinski definition) is 1. The van der Waals surface area contributed by atoms with Gasteiger partial charge in [-0.1, -0.05) is 54.1 Å². The van der Waals surface area contributed by atoms with E-state index in [9.17, 15) is 9.59 Å². The largest absolute Gasteiger partial charge is 0.459 e. The van der Waals surface area contributed by atoms with Crippen LogP contribution in [0.4, 0.5) is 5.82 Å². The van der Waals surface area contributed by atoms with E-state index in [0.29, 0.717) is 29.4 Å². The number of furan rings is 1. The molecule has 9 heteroatoms. The van der Waals surface area contributed by atoms with E-state index >= 15 is 0 Å². The molecule has 2 amide bonds. The molecule has 178 valence electrons. The van der Waals surface area contributed by atoms with Crippen molar-refractivity contribution in [1.82, 2.24) is 19.6 Å². The summed E-state index contributed by atoms with van der Waals surface area (Å²) in [6.07, 6.45) is 2.89. The van der Waals surface area contributed by atoms with Gasteiger partial charge >= 0.3 is 0 Å². The molecule has 0 aliphatic carbocycles. The molecule has 1 aliphatic heterocycles. The number of anilines is 1. The maximum absolute atomic E-state index is 13.5. The predicted octanol–water partition coefficient (Wildman–Crippen LogP) is 4.33. The van der Waals surface area contributed by atoms with Crippen molar-refractivity contribution in [2.24, 2.45) is 0 Å². The molecule has 0 radical (unpaired) electrons. The van der Waals surface area contributed by atoms with Gasteiger partial charge in [-0.25, -0.2) is 4.68 Å². The second-order valence-electron chi connectivity index (χ2n) is 8.26. The van der Waals surface area contributed by atoms with Gasteiger partial charge in [-0.15, -0.1) is 0 Å². The zero-order valence-corrected chi connectivity index (χ0v) is 19.7. The monoisotopic (exact) mass is 489 g/mol. The number of piperazine rings is 1. The molecule has 1 fully saturated rings. The Morgan fingerprint density at radius 3 is 2.40 bits per heavy atom. The lowest BCUT2D eigenvalue weighted by atomic mass is 10.2. The molecule has 0 atom stereocenters. The SMILES string of the molecule is O=C(Nc1c(C(=O)N2CCN(Cc3ccccc3)CC2)cnn1-c1ccccc1Cl)c1ccco1. The van der Waals surface area contributed by atoms with Gasteiger partial charge in [0.25, 0.3) is 11.8 Å². The number of amides is 2. The lowest BCUT2D eigenvalue weighted by molar-refractivity contribution is 0.0629. The fraction of sp³-hybridized carbons (Fsp3) is 0.192. The molecule has 1 aliphatic rings. The number of carbonyl (C=O) groups is 2. The number of rotatable bonds is 6. The van der Waals surface area contributed by atoms with Crippen LogP contribution in [0.2, 0.25) is 5.02 Å². The van der Waals surface area contributed by atoms with Gasteiger partial charge in [0.15, 0.2) is 5.76 Å². The Balaban J connectivity index is 1.37. The van der Waals surface area contributed by atoms with E-state index in [4.69, 9.17) is 16.0 Å². The smallest absolute Gasteiger partial charge is 0.292 e. The molecular weight excluding hydrogens is 466 g/mol. The van der Waals surface area contributed by atoms with Gasteiger partial charge < -0.3 is 14.6 Å². The van der Waals surface area contributed by atoms with Crippen LogP contribution in [-0.4, -0.2) is 57.6 Å². The predicted molar refractivity (Wildman–Crippen MR) is 133 cm³/mol. The Morgan fingerprint density at radius 1 is 0.943 bits per heavy atom. The van der Waals surface area contributed by atoms with Crippen molar-refractivity contribution >= 4 is 29.2 Å². The number of nitrogens with one attached hydrogen (secondary N) is 1. The quantitative estimate of drug-likeness (QED) is 0.436. The van der Waals surface area contributed by atoms with Crippen molar-refractivity contribution in [2.45, 2.75) is 6.54 Å². The number of carbonyl (C=O) groups excluding carboxylic acids is 2. The van der Waals surface area contributed by atoms with Gasteiger partial charge in [0.05, 0.1) is 23.2 Å². The van der Waals surface area contributed by atoms with Crippen molar-refractivity contribution in [3.8, 4) is 5.69 Å². The van der Waals surface area contributed by atoms with Crippen molar-refractivity contribution < 1.29 is 14.0 Å². The minimum atomic E-state index is -0.481. The zero-order valence-electron chi connectivity index (χ0n) is 18.9. The van der Waals surface area contributed by atoms with Crippen molar-refractivity contribution in [3.05, 3.63) is 101 Å². The van der Waals surface area contributed by atoms with E-state index in [-0.39, 0.29) is 17.5 Å². The van der Waals surface area contributed by atoms with Gasteiger partial charge in [0.2, 0.25) is 0 Å². The number of aromatic nitrogens is 2. The third-order valence-electron chi connectivity index (χ3n) is 5.97. The highest BCUT2D eigenvalue weighted by molar-refractivity contribution is 6.32. The van der Waals surface area contributed by atoms with Crippen molar-refractivity contribution in [2.75, 3.05) is 31.5 Å². The van der Waals surface area contributed by atoms with E-state index in [1.165, 1.54) is 22.7 Å². The first-order chi connectivity index (χ1) is 17.1. The minimum Gasteiger partial charge on any atom is -0.459 e. The fourth-order valence-electron chi connectivity index (χ4n) is 4.13. The molecular formula is C26H24ClN5O3. The van der Waals surface area contributed by atoms with Crippen LogP contribution in [0, 0.1) is 0 Å². The summed E-state index contributed by atoms with van der Waals surface area (Å²) in [7, 11) is 0. The summed E-state index contributed by atoms with van der Waals surface area (Å²) < 4.78 is 6.70. The summed E-state index contributed by atoms with van der Waals surface area (Å²) >= 11 is 6.39. The Kier molecular flexibility index (Phi) is 6.65. The first-order valence-electron chi connectivity index (χ1n) is 11.3. The Morgan fingerprint density at radius 2 is 1.69 bits per heavy atom. The molecule has 3 heterocycles. The average molecular weight is 490 g/mol. The van der Waals surface area contributed by atoms with Crippen LogP contribution >= 0.6 is 11.6 Å². The van der Waals surface area contributed by atoms with Gasteiger partial charge in [-0.2, -0.15) is 5.10 Å². The first-order valence-corrected chi connectivity index (χ1v) is 11.7. The van der Waals surface area contributed by atoms with E-state index < -0.39 is 5.91 Å². The molecule has 5 rings (SSSR count). The van der Waals surface area contributed by atoms with Crippen LogP contribution in [-0.2, 0) is 6.54 Å². The highest BCUT2D eigenvalue weighted by Gasteiger charge is 2.28. The molecule has 1 saturated heterocycles. The van der Waals surface area contributed by atoms with Crippen LogP contribution in [0.5, 0.6) is 0 Å². The summed E-state index contributed by atoms with van der Waals surface area (Å²) in [5.41, 5.74) is 2.09. The van der Waals surface area contributed by atoms with Gasteiger partial charge in [0.1, 0.15) is 11.4 Å². The van der Waals surface area contributed by atoms with Crippen molar-refractivity contribution in [1.29, 1.82) is 0 Å². The number of hydrogen-bond acceptors (Lipinski definition) is 5. The minimum absolute atomic E-state index is 0.129. The van der Waals surface area contributed by atoms with Crippen molar-refractivity contribution in [3.63, 3.8) is 0 Å². The molecule has 0 spiro atoms. The Hall–Kier alpha value is -3.88. The summed E-state index contributed by atoms with van der Waals surface area (Å²) in [4.78, 5) is 30.4. The van der Waals surface area contributed by atoms with Crippen LogP contribution in [0.25, 0.3) is 5.69 Å². The highest BCUT2D eigenvalue weighted by atomic mass is 35.5. The Bertz CT molecular complexity index is 1310. The van der Waals surface area contributed by atoms with Gasteiger partial charge in [0, 0.05) is 32.7 Å². The van der Waals surface area contributed by atoms with E-state index in [2.05, 4.69) is 27.4 Å². The molecule has 0 bridgehead atoms. The van der Waals surface area contributed by atoms with Crippen LogP contribution in [0.3, 0.4) is 0 Å². The average Bonchev–Trinajstić information content (AvgIpc) is 3.56. The summed E-state index contributed by atoms with van der Waals surface area (Å²) in [5.74, 6) is -0.302. The number of para-hydroxylation sites is 1. The number of benzene rings is 2. The topological polar surface area (TPSA) is 83.6 Å². The summed E-state index contributed by atoms with van der Waals surface area (Å²) in [6, 6.07) is 20.6. The molecule has 0 saturated carbocycles. The maximum Gasteiger partial charge on any atom is 0.292 e. The van der Waals surface area contributed by atoms with E-state index in [0.717, 1.165) is 19.6 Å². The van der Waals surface area contributed by atoms with E-state index in [1.54, 1.807) is 35.2 Å². The van der Waals surface area contributed by atoms with Gasteiger partial charge in [-0.3, -0.25) is 14.5 Å². The highest BCUT2D eigenvalue weighted by Crippen LogP contribution is 2.27. The number of halogens is 1. The summed E-state index contributed by atoms with van der Waals surface area (Å²) in [6.45, 7) is 3.52. The molecule has 0 unspecified atom stereocenters. The molecule has 35 heavy (non-hydrogen) atoms. The molecule has 2 aromatic carbocycles. The zero-order chi connectivity index (χ0) is 24.2. The number of nitrogens with zero attached hydrogens (tertiary/aromatic N) is 4. The lowest BCUT2D eigenvalue weighted by Gasteiger charge is -2.34. The fourth-order valence-corrected chi connectivity index (χ4v) is 4.35. The van der Waals surface area contributed by atoms with Gasteiger partial charge in [-0.05, 0) is 29.8 Å². The third kappa shape index (κ3) is 4.99. The lowest BCUT2D eigenvalue weighted by Crippen LogP contribution is -2.48. The summed E-state index contributed by atoms with van der Waals surface area (Å²) in [5, 5.41) is 7.64. The van der Waals surface area contributed by atoms with Crippen LogP contribution in [0.1, 0.15) is 26.5 Å². The molecule has 1 N–H and O–H groups in total. The van der Waals surface area contributed by atoms with E-state index in [1.807, 2.05) is 24.3 Å². The molecule has 4 aromatic rings. The van der Waals surface area contributed by atoms with Crippen LogP contribution in [0.15, 0.2) is 83.6 Å². The van der Waals surface area contributed by atoms with Crippen LogP contribution < -0.4 is 5.32 Å². The standard InChI is InChI=1S/C26H24ClN5O3/c27-21-9-4-5-10-22(21)32-24(29-25(33)23-11-6-16-35-23)20(17-28-32)26(34)31-14-12-30(13-15-31)18-19-7-2-1-3-8-19/h1-11,16-17H,12-15,18H2,(H,29,33). The molecule has 8 nitrogen and oxygen atoms in total. The maximum atomic E-state index is 13.5. The molecule has 2 aromatic heterocycles. The Labute approximate surface area is 207 Å². The first kappa shape index (κ1) is 22.9. The third-order valence-corrected chi connectivity index (χ3v) is 6.29.